The fraction of sp³-hybridized carbons (Fsp3) is 0. The van der Waals surface area contributed by atoms with Gasteiger partial charge in [0, 0.05) is 33.8 Å². The molecule has 4 aromatic carbocycles. The Bertz CT molecular complexity index is 2420. The molecule has 0 atom stereocenters. The molecule has 0 fully saturated rings. The van der Waals surface area contributed by atoms with Crippen LogP contribution >= 0.6 is 0 Å². The van der Waals surface area contributed by atoms with Crippen LogP contribution in [0, 0.1) is 0 Å². The first kappa shape index (κ1) is 24.5. The molecule has 5 aromatic heterocycles. The molecule has 0 aliphatic heterocycles. The maximum Gasteiger partial charge on any atom is 0.146 e. The minimum absolute atomic E-state index is 0.868. The third kappa shape index (κ3) is 3.76. The van der Waals surface area contributed by atoms with E-state index in [1.807, 2.05) is 30.5 Å². The molecule has 0 aliphatic rings. The zero-order valence-corrected chi connectivity index (χ0v) is 23.7. The molecule has 0 spiro atoms. The highest BCUT2D eigenvalue weighted by Crippen LogP contribution is 2.38. The SMILES string of the molecule is c1ccc(-c2cc(-n3c4cccnc4c4nc5c(cc43)c3ccccc3n5-c3ccccc3)cc(-c3ccccc3)n2)cc1. The van der Waals surface area contributed by atoms with Crippen molar-refractivity contribution in [1.82, 2.24) is 24.1 Å². The molecule has 9 aromatic rings. The predicted molar refractivity (Wildman–Crippen MR) is 179 cm³/mol. The van der Waals surface area contributed by atoms with Crippen LogP contribution in [0.2, 0.25) is 0 Å². The van der Waals surface area contributed by atoms with Crippen LogP contribution in [-0.4, -0.2) is 24.1 Å². The van der Waals surface area contributed by atoms with E-state index < -0.39 is 0 Å². The summed E-state index contributed by atoms with van der Waals surface area (Å²) >= 11 is 0. The van der Waals surface area contributed by atoms with Gasteiger partial charge in [0.25, 0.3) is 0 Å². The predicted octanol–water partition coefficient (Wildman–Crippen LogP) is 9.40. The highest BCUT2D eigenvalue weighted by Gasteiger charge is 2.21. The Morgan fingerprint density at radius 1 is 0.409 bits per heavy atom. The third-order valence-electron chi connectivity index (χ3n) is 8.34. The van der Waals surface area contributed by atoms with Crippen molar-refractivity contribution in [1.29, 1.82) is 0 Å². The second kappa shape index (κ2) is 9.75. The van der Waals surface area contributed by atoms with Gasteiger partial charge in [-0.25, -0.2) is 9.97 Å². The molecule has 206 valence electrons. The summed E-state index contributed by atoms with van der Waals surface area (Å²) in [6.07, 6.45) is 1.85. The summed E-state index contributed by atoms with van der Waals surface area (Å²) in [5, 5.41) is 2.26. The van der Waals surface area contributed by atoms with Gasteiger partial charge in [-0.3, -0.25) is 9.55 Å². The maximum atomic E-state index is 5.39. The number of rotatable bonds is 4. The first-order chi connectivity index (χ1) is 21.8. The van der Waals surface area contributed by atoms with Crippen molar-refractivity contribution in [3.63, 3.8) is 0 Å². The minimum Gasteiger partial charge on any atom is -0.306 e. The lowest BCUT2D eigenvalue weighted by Crippen LogP contribution is -1.99. The molecule has 9 rings (SSSR count). The summed E-state index contributed by atoms with van der Waals surface area (Å²) in [6.45, 7) is 0. The van der Waals surface area contributed by atoms with Crippen molar-refractivity contribution in [2.75, 3.05) is 0 Å². The van der Waals surface area contributed by atoms with E-state index in [1.165, 1.54) is 0 Å². The van der Waals surface area contributed by atoms with Crippen molar-refractivity contribution in [3.05, 3.63) is 152 Å². The molecule has 0 bridgehead atoms. The zero-order valence-electron chi connectivity index (χ0n) is 23.7. The molecular weight excluding hydrogens is 538 g/mol. The first-order valence-electron chi connectivity index (χ1n) is 14.7. The van der Waals surface area contributed by atoms with Gasteiger partial charge in [0.2, 0.25) is 0 Å². The van der Waals surface area contributed by atoms with Crippen LogP contribution in [-0.2, 0) is 0 Å². The number of fused-ring (bicyclic) bond motifs is 6. The van der Waals surface area contributed by atoms with Gasteiger partial charge in [0.15, 0.2) is 0 Å². The smallest absolute Gasteiger partial charge is 0.146 e. The molecule has 5 heteroatoms. The van der Waals surface area contributed by atoms with Gasteiger partial charge >= 0.3 is 0 Å². The average Bonchev–Trinajstić information content (AvgIpc) is 3.60. The van der Waals surface area contributed by atoms with E-state index in [1.54, 1.807) is 0 Å². The molecule has 0 aliphatic carbocycles. The summed E-state index contributed by atoms with van der Waals surface area (Å²) < 4.78 is 4.54. The van der Waals surface area contributed by atoms with Crippen LogP contribution in [0.3, 0.4) is 0 Å². The Labute approximate surface area is 253 Å². The number of benzene rings is 4. The van der Waals surface area contributed by atoms with Crippen LogP contribution < -0.4 is 0 Å². The normalized spacial score (nSPS) is 11.6. The van der Waals surface area contributed by atoms with E-state index in [4.69, 9.17) is 15.0 Å². The lowest BCUT2D eigenvalue weighted by Gasteiger charge is -2.13. The molecule has 0 radical (unpaired) electrons. The maximum absolute atomic E-state index is 5.39. The molecule has 44 heavy (non-hydrogen) atoms. The summed E-state index contributed by atoms with van der Waals surface area (Å²) in [6, 6.07) is 50.5. The summed E-state index contributed by atoms with van der Waals surface area (Å²) in [4.78, 5) is 15.4. The largest absolute Gasteiger partial charge is 0.306 e. The molecule has 5 nitrogen and oxygen atoms in total. The van der Waals surface area contributed by atoms with E-state index in [0.29, 0.717) is 0 Å². The van der Waals surface area contributed by atoms with E-state index in [9.17, 15) is 0 Å². The molecule has 0 saturated carbocycles. The first-order valence-corrected chi connectivity index (χ1v) is 14.7. The van der Waals surface area contributed by atoms with Crippen molar-refractivity contribution in [2.24, 2.45) is 0 Å². The molecule has 0 unspecified atom stereocenters. The Morgan fingerprint density at radius 3 is 1.73 bits per heavy atom. The molecule has 0 N–H and O–H groups in total. The van der Waals surface area contributed by atoms with Crippen molar-refractivity contribution in [2.45, 2.75) is 0 Å². The van der Waals surface area contributed by atoms with Gasteiger partial charge in [0.1, 0.15) is 16.7 Å². The summed E-state index contributed by atoms with van der Waals surface area (Å²) in [5.41, 5.74) is 11.8. The van der Waals surface area contributed by atoms with E-state index in [0.717, 1.165) is 77.9 Å². The van der Waals surface area contributed by atoms with E-state index in [2.05, 4.69) is 130 Å². The van der Waals surface area contributed by atoms with Crippen molar-refractivity contribution in [3.8, 4) is 33.9 Å². The van der Waals surface area contributed by atoms with Crippen LogP contribution in [0.25, 0.3) is 77.9 Å². The Balaban J connectivity index is 1.40. The zero-order chi connectivity index (χ0) is 29.0. The lowest BCUT2D eigenvalue weighted by molar-refractivity contribution is 1.14. The molecule has 0 amide bonds. The molecule has 5 heterocycles. The van der Waals surface area contributed by atoms with Crippen LogP contribution in [0.1, 0.15) is 0 Å². The number of nitrogens with zero attached hydrogens (tertiary/aromatic N) is 5. The highest BCUT2D eigenvalue weighted by atomic mass is 15.1. The second-order valence-electron chi connectivity index (χ2n) is 10.9. The van der Waals surface area contributed by atoms with Crippen molar-refractivity contribution >= 4 is 44.0 Å². The Hall–Kier alpha value is -6.07. The van der Waals surface area contributed by atoms with Crippen LogP contribution in [0.4, 0.5) is 0 Å². The Kier molecular flexibility index (Phi) is 5.43. The number of aromatic nitrogens is 5. The van der Waals surface area contributed by atoms with Crippen LogP contribution in [0.5, 0.6) is 0 Å². The quantitative estimate of drug-likeness (QED) is 0.214. The summed E-state index contributed by atoms with van der Waals surface area (Å²) in [7, 11) is 0. The van der Waals surface area contributed by atoms with Gasteiger partial charge < -0.3 is 4.57 Å². The Morgan fingerprint density at radius 2 is 1.02 bits per heavy atom. The van der Waals surface area contributed by atoms with Crippen LogP contribution in [0.15, 0.2) is 152 Å². The fourth-order valence-corrected chi connectivity index (χ4v) is 6.38. The number of hydrogen-bond donors (Lipinski definition) is 0. The third-order valence-corrected chi connectivity index (χ3v) is 8.34. The molecular formula is C39H25N5. The minimum atomic E-state index is 0.868. The van der Waals surface area contributed by atoms with Gasteiger partial charge in [0.05, 0.1) is 33.6 Å². The fourth-order valence-electron chi connectivity index (χ4n) is 6.38. The number of pyridine rings is 3. The van der Waals surface area contributed by atoms with Gasteiger partial charge in [-0.2, -0.15) is 0 Å². The number of hydrogen-bond acceptors (Lipinski definition) is 3. The van der Waals surface area contributed by atoms with Gasteiger partial charge in [-0.1, -0.05) is 97.1 Å². The van der Waals surface area contributed by atoms with E-state index >= 15 is 0 Å². The monoisotopic (exact) mass is 563 g/mol. The topological polar surface area (TPSA) is 48.5 Å². The lowest BCUT2D eigenvalue weighted by atomic mass is 10.1. The standard InChI is InChI=1S/C39H25N5/c1-4-13-26(14-5-1)32-23-29(24-33(41-32)27-15-6-2-7-16-27)43-35-21-12-22-40-37(35)38-36(43)25-31-30-19-10-11-20-34(30)44(39(31)42-38)28-17-8-3-9-18-28/h1-25H. The van der Waals surface area contributed by atoms with Gasteiger partial charge in [-0.15, -0.1) is 0 Å². The average molecular weight is 564 g/mol. The van der Waals surface area contributed by atoms with Gasteiger partial charge in [-0.05, 0) is 48.5 Å². The van der Waals surface area contributed by atoms with Crippen molar-refractivity contribution < 1.29 is 0 Å². The molecule has 0 saturated heterocycles. The summed E-state index contributed by atoms with van der Waals surface area (Å²) in [5.74, 6) is 0. The second-order valence-corrected chi connectivity index (χ2v) is 10.9. The van der Waals surface area contributed by atoms with E-state index in [-0.39, 0.29) is 0 Å². The highest BCUT2D eigenvalue weighted by molar-refractivity contribution is 6.15. The number of para-hydroxylation sites is 2.